The maximum atomic E-state index is 11.9. The molecule has 4 nitrogen and oxygen atoms in total. The first-order valence-electron chi connectivity index (χ1n) is 6.04. The summed E-state index contributed by atoms with van der Waals surface area (Å²) in [5.74, 6) is 0.0227. The quantitative estimate of drug-likeness (QED) is 0.808. The zero-order valence-corrected chi connectivity index (χ0v) is 11.7. The summed E-state index contributed by atoms with van der Waals surface area (Å²) < 4.78 is 0. The van der Waals surface area contributed by atoms with Crippen LogP contribution in [0.1, 0.15) is 49.2 Å². The van der Waals surface area contributed by atoms with Gasteiger partial charge in [0.2, 0.25) is 0 Å². The SMILES string of the molecule is CC(O)CCNC(=O)c1cc(Cl)nc(C(C)C)c1. The molecule has 0 saturated carbocycles. The molecule has 1 rings (SSSR count). The van der Waals surface area contributed by atoms with E-state index in [-0.39, 0.29) is 11.8 Å². The normalized spacial score (nSPS) is 12.6. The van der Waals surface area contributed by atoms with Crippen molar-refractivity contribution in [1.82, 2.24) is 10.3 Å². The molecule has 0 bridgehead atoms. The van der Waals surface area contributed by atoms with Gasteiger partial charge in [0.05, 0.1) is 6.10 Å². The lowest BCUT2D eigenvalue weighted by Gasteiger charge is -2.10. The minimum Gasteiger partial charge on any atom is -0.393 e. The Morgan fingerprint density at radius 3 is 2.67 bits per heavy atom. The van der Waals surface area contributed by atoms with E-state index in [1.54, 1.807) is 19.1 Å². The fourth-order valence-corrected chi connectivity index (χ4v) is 1.66. The molecule has 0 aliphatic heterocycles. The lowest BCUT2D eigenvalue weighted by Crippen LogP contribution is -2.26. The van der Waals surface area contributed by atoms with Gasteiger partial charge in [0.1, 0.15) is 5.15 Å². The van der Waals surface area contributed by atoms with Crippen LogP contribution in [0.3, 0.4) is 0 Å². The number of nitrogens with one attached hydrogen (secondary N) is 1. The van der Waals surface area contributed by atoms with Gasteiger partial charge in [0.15, 0.2) is 0 Å². The van der Waals surface area contributed by atoms with Gasteiger partial charge in [-0.05, 0) is 31.4 Å². The van der Waals surface area contributed by atoms with Crippen LogP contribution in [0.5, 0.6) is 0 Å². The number of aliphatic hydroxyl groups is 1. The maximum absolute atomic E-state index is 11.9. The molecule has 5 heteroatoms. The van der Waals surface area contributed by atoms with Crippen LogP contribution in [0.25, 0.3) is 0 Å². The van der Waals surface area contributed by atoms with Crippen LogP contribution in [-0.4, -0.2) is 28.6 Å². The van der Waals surface area contributed by atoms with Gasteiger partial charge in [-0.25, -0.2) is 4.98 Å². The first kappa shape index (κ1) is 14.9. The van der Waals surface area contributed by atoms with E-state index in [1.165, 1.54) is 0 Å². The van der Waals surface area contributed by atoms with E-state index in [0.29, 0.717) is 23.7 Å². The number of rotatable bonds is 5. The Bertz CT molecular complexity index is 419. The molecule has 0 aliphatic carbocycles. The number of pyridine rings is 1. The predicted octanol–water partition coefficient (Wildman–Crippen LogP) is 2.36. The second kappa shape index (κ2) is 6.71. The molecule has 0 saturated heterocycles. The topological polar surface area (TPSA) is 62.2 Å². The number of amides is 1. The van der Waals surface area contributed by atoms with Crippen molar-refractivity contribution < 1.29 is 9.90 Å². The van der Waals surface area contributed by atoms with Crippen LogP contribution < -0.4 is 5.32 Å². The summed E-state index contributed by atoms with van der Waals surface area (Å²) >= 11 is 5.89. The van der Waals surface area contributed by atoms with E-state index in [4.69, 9.17) is 16.7 Å². The van der Waals surface area contributed by atoms with E-state index in [2.05, 4.69) is 10.3 Å². The predicted molar refractivity (Wildman–Crippen MR) is 72.0 cm³/mol. The second-order valence-electron chi connectivity index (χ2n) is 4.65. The van der Waals surface area contributed by atoms with Crippen LogP contribution in [-0.2, 0) is 0 Å². The highest BCUT2D eigenvalue weighted by molar-refractivity contribution is 6.29. The molecule has 0 fully saturated rings. The van der Waals surface area contributed by atoms with Crippen LogP contribution in [0.2, 0.25) is 5.15 Å². The molecule has 0 aromatic carbocycles. The fourth-order valence-electron chi connectivity index (χ4n) is 1.44. The first-order chi connectivity index (χ1) is 8.40. The molecule has 1 atom stereocenters. The van der Waals surface area contributed by atoms with E-state index in [1.807, 2.05) is 13.8 Å². The van der Waals surface area contributed by atoms with Crippen molar-refractivity contribution in [3.8, 4) is 0 Å². The number of carbonyl (C=O) groups excluding carboxylic acids is 1. The van der Waals surface area contributed by atoms with Gasteiger partial charge in [-0.2, -0.15) is 0 Å². The van der Waals surface area contributed by atoms with Crippen molar-refractivity contribution >= 4 is 17.5 Å². The fraction of sp³-hybridized carbons (Fsp3) is 0.538. The summed E-state index contributed by atoms with van der Waals surface area (Å²) in [5.41, 5.74) is 1.30. The minimum atomic E-state index is -0.419. The van der Waals surface area contributed by atoms with Crippen LogP contribution in [0.15, 0.2) is 12.1 Å². The number of hydrogen-bond acceptors (Lipinski definition) is 3. The third-order valence-electron chi connectivity index (χ3n) is 2.52. The van der Waals surface area contributed by atoms with Crippen LogP contribution >= 0.6 is 11.6 Å². The van der Waals surface area contributed by atoms with Crippen LogP contribution in [0.4, 0.5) is 0 Å². The number of nitrogens with zero attached hydrogens (tertiary/aromatic N) is 1. The van der Waals surface area contributed by atoms with Gasteiger partial charge in [-0.3, -0.25) is 4.79 Å². The van der Waals surface area contributed by atoms with Crippen molar-refractivity contribution in [3.63, 3.8) is 0 Å². The van der Waals surface area contributed by atoms with Gasteiger partial charge < -0.3 is 10.4 Å². The number of aromatic nitrogens is 1. The Hall–Kier alpha value is -1.13. The summed E-state index contributed by atoms with van der Waals surface area (Å²) in [7, 11) is 0. The molecule has 1 aromatic rings. The number of aliphatic hydroxyl groups excluding tert-OH is 1. The number of carbonyl (C=O) groups is 1. The third-order valence-corrected chi connectivity index (χ3v) is 2.71. The molecule has 2 N–H and O–H groups in total. The number of hydrogen-bond donors (Lipinski definition) is 2. The highest BCUT2D eigenvalue weighted by Crippen LogP contribution is 2.17. The summed E-state index contributed by atoms with van der Waals surface area (Å²) in [6.07, 6.45) is 0.110. The summed E-state index contributed by atoms with van der Waals surface area (Å²) in [4.78, 5) is 16.0. The van der Waals surface area contributed by atoms with Gasteiger partial charge in [-0.15, -0.1) is 0 Å². The molecule has 0 aliphatic rings. The van der Waals surface area contributed by atoms with E-state index >= 15 is 0 Å². The van der Waals surface area contributed by atoms with Crippen molar-refractivity contribution in [3.05, 3.63) is 28.5 Å². The van der Waals surface area contributed by atoms with Crippen LogP contribution in [0, 0.1) is 0 Å². The molecule has 0 spiro atoms. The lowest BCUT2D eigenvalue weighted by molar-refractivity contribution is 0.0945. The van der Waals surface area contributed by atoms with Crippen molar-refractivity contribution in [2.45, 2.75) is 39.2 Å². The van der Waals surface area contributed by atoms with Crippen molar-refractivity contribution in [2.24, 2.45) is 0 Å². The molecule has 1 aromatic heterocycles. The van der Waals surface area contributed by atoms with E-state index in [9.17, 15) is 4.79 Å². The lowest BCUT2D eigenvalue weighted by atomic mass is 10.1. The second-order valence-corrected chi connectivity index (χ2v) is 5.04. The maximum Gasteiger partial charge on any atom is 0.251 e. The zero-order valence-electron chi connectivity index (χ0n) is 10.9. The highest BCUT2D eigenvalue weighted by atomic mass is 35.5. The number of halogens is 1. The molecular formula is C13H19ClN2O2. The monoisotopic (exact) mass is 270 g/mol. The van der Waals surface area contributed by atoms with Crippen molar-refractivity contribution in [1.29, 1.82) is 0 Å². The highest BCUT2D eigenvalue weighted by Gasteiger charge is 2.11. The minimum absolute atomic E-state index is 0.193. The Morgan fingerprint density at radius 2 is 2.11 bits per heavy atom. The summed E-state index contributed by atoms with van der Waals surface area (Å²) in [6.45, 7) is 6.11. The molecule has 0 radical (unpaired) electrons. The molecule has 18 heavy (non-hydrogen) atoms. The first-order valence-corrected chi connectivity index (χ1v) is 6.41. The smallest absolute Gasteiger partial charge is 0.251 e. The Labute approximate surface area is 112 Å². The largest absolute Gasteiger partial charge is 0.393 e. The van der Waals surface area contributed by atoms with E-state index < -0.39 is 6.10 Å². The Kier molecular flexibility index (Phi) is 5.56. The summed E-state index contributed by atoms with van der Waals surface area (Å²) in [6, 6.07) is 3.29. The molecule has 100 valence electrons. The van der Waals surface area contributed by atoms with Gasteiger partial charge in [0.25, 0.3) is 5.91 Å². The molecule has 1 heterocycles. The van der Waals surface area contributed by atoms with E-state index in [0.717, 1.165) is 5.69 Å². The standard InChI is InChI=1S/C13H19ClN2O2/c1-8(2)11-6-10(7-12(14)16-11)13(18)15-5-4-9(3)17/h6-9,17H,4-5H2,1-3H3,(H,15,18). The Morgan fingerprint density at radius 1 is 1.44 bits per heavy atom. The van der Waals surface area contributed by atoms with Gasteiger partial charge in [-0.1, -0.05) is 25.4 Å². The molecular weight excluding hydrogens is 252 g/mol. The summed E-state index contributed by atoms with van der Waals surface area (Å²) in [5, 5.41) is 12.2. The van der Waals surface area contributed by atoms with Crippen molar-refractivity contribution in [2.75, 3.05) is 6.54 Å². The Balaban J connectivity index is 2.73. The zero-order chi connectivity index (χ0) is 13.7. The van der Waals surface area contributed by atoms with Gasteiger partial charge in [0, 0.05) is 17.8 Å². The average Bonchev–Trinajstić information content (AvgIpc) is 2.27. The molecule has 1 amide bonds. The third kappa shape index (κ3) is 4.63. The average molecular weight is 271 g/mol. The molecule has 1 unspecified atom stereocenters. The van der Waals surface area contributed by atoms with Gasteiger partial charge >= 0.3 is 0 Å².